The first-order valence-corrected chi connectivity index (χ1v) is 20.3. The highest BCUT2D eigenvalue weighted by molar-refractivity contribution is 5.96. The number of aliphatic carboxylic acids is 1. The maximum atomic E-state index is 14.1. The first-order chi connectivity index (χ1) is 28.1. The number of aromatic hydroxyl groups is 1. The van der Waals surface area contributed by atoms with Crippen LogP contribution in [0.3, 0.4) is 0 Å². The van der Waals surface area contributed by atoms with Gasteiger partial charge in [0.1, 0.15) is 23.6 Å². The van der Waals surface area contributed by atoms with Gasteiger partial charge in [0, 0.05) is 44.8 Å². The van der Waals surface area contributed by atoms with Crippen LogP contribution >= 0.6 is 0 Å². The molecule has 20 heteroatoms. The lowest BCUT2D eigenvalue weighted by molar-refractivity contribution is -0.139. The van der Waals surface area contributed by atoms with Crippen molar-refractivity contribution >= 4 is 53.2 Å². The fourth-order valence-corrected chi connectivity index (χ4v) is 6.86. The van der Waals surface area contributed by atoms with Crippen molar-refractivity contribution in [3.8, 4) is 5.75 Å². The Morgan fingerprint density at radius 2 is 1.47 bits per heavy atom. The van der Waals surface area contributed by atoms with Crippen molar-refractivity contribution in [2.45, 2.75) is 117 Å². The van der Waals surface area contributed by atoms with Gasteiger partial charge < -0.3 is 48.7 Å². The van der Waals surface area contributed by atoms with Crippen LogP contribution in [0.2, 0.25) is 0 Å². The number of nitrogens with one attached hydrogen (secondary N) is 3. The molecule has 0 saturated carbocycles. The maximum Gasteiger partial charge on any atom is 0.339 e. The molecule has 0 unspecified atom stereocenters. The zero-order valence-corrected chi connectivity index (χ0v) is 35.2. The summed E-state index contributed by atoms with van der Waals surface area (Å²) in [6.07, 6.45) is -0.104. The summed E-state index contributed by atoms with van der Waals surface area (Å²) < 4.78 is 0. The molecule has 13 N–H and O–H groups in total. The van der Waals surface area contributed by atoms with Crippen molar-refractivity contribution in [1.29, 1.82) is 0 Å². The molecule has 1 heterocycles. The monoisotopic (exact) mass is 844 g/mol. The molecule has 0 radical (unpaired) electrons. The molecular weight excluding hydrogens is 780 g/mol. The molecular formula is C40H64N10O10. The van der Waals surface area contributed by atoms with Gasteiger partial charge in [-0.2, -0.15) is 0 Å². The molecule has 0 aliphatic carbocycles. The van der Waals surface area contributed by atoms with Crippen LogP contribution in [-0.2, 0) is 40.0 Å². The second kappa shape index (κ2) is 24.3. The number of phenols is 1. The Hall–Kier alpha value is -5.79. The topological polar surface area (TPSA) is 336 Å². The lowest BCUT2D eigenvalue weighted by atomic mass is 9.88. The summed E-state index contributed by atoms with van der Waals surface area (Å²) in [5, 5.41) is 25.4. The minimum atomic E-state index is -1.34. The fraction of sp³-hybridized carbons (Fsp3) is 0.625. The zero-order chi connectivity index (χ0) is 45.3. The van der Waals surface area contributed by atoms with E-state index in [2.05, 4.69) is 21.1 Å². The Balaban J connectivity index is 2.31. The minimum absolute atomic E-state index is 0.00778. The summed E-state index contributed by atoms with van der Waals surface area (Å²) in [6.45, 7) is 8.90. The predicted molar refractivity (Wildman–Crippen MR) is 221 cm³/mol. The summed E-state index contributed by atoms with van der Waals surface area (Å²) in [7, 11) is 0. The number of Topliss-reactive ketones (excluding diaryl/α,β-unsaturated/α-hetero) is 2. The fourth-order valence-electron chi connectivity index (χ4n) is 6.86. The van der Waals surface area contributed by atoms with E-state index in [0.29, 0.717) is 18.4 Å². The second-order valence-corrected chi connectivity index (χ2v) is 16.1. The number of aliphatic imine (C=N–C) groups is 1. The van der Waals surface area contributed by atoms with Gasteiger partial charge in [-0.3, -0.25) is 44.0 Å². The number of benzene rings is 1. The van der Waals surface area contributed by atoms with E-state index >= 15 is 0 Å². The van der Waals surface area contributed by atoms with E-state index in [9.17, 15) is 48.6 Å². The normalized spacial score (nSPS) is 15.9. The van der Waals surface area contributed by atoms with Crippen LogP contribution in [0.4, 0.5) is 4.79 Å². The molecule has 0 bridgehead atoms. The number of phenolic OH excluding ortho intramolecular Hbond substituents is 1. The highest BCUT2D eigenvalue weighted by Gasteiger charge is 2.40. The Morgan fingerprint density at radius 3 is 2.03 bits per heavy atom. The molecule has 1 fully saturated rings. The Kier molecular flexibility index (Phi) is 20.4. The predicted octanol–water partition coefficient (Wildman–Crippen LogP) is 0.0356. The van der Waals surface area contributed by atoms with Gasteiger partial charge in [0.15, 0.2) is 11.7 Å². The van der Waals surface area contributed by atoms with Gasteiger partial charge >= 0.3 is 12.0 Å². The third kappa shape index (κ3) is 16.8. The number of amides is 6. The molecule has 60 heavy (non-hydrogen) atoms. The number of ketones is 2. The number of carbonyl (C=O) groups excluding carboxylic acids is 7. The third-order valence-electron chi connectivity index (χ3n) is 10.1. The highest BCUT2D eigenvalue weighted by Crippen LogP contribution is 2.23. The molecule has 0 spiro atoms. The van der Waals surface area contributed by atoms with Crippen LogP contribution in [-0.4, -0.2) is 117 Å². The molecule has 1 aromatic rings. The summed E-state index contributed by atoms with van der Waals surface area (Å²) in [6, 6.07) is 0.943. The SMILES string of the molecule is CC(C)C[C@@H](CC(=O)[C@@H](CCC(=O)O)NC(=O)[C@@H](C(C)C)N1CCCN(NC(=O)[C@H](CC(=O)[C@H](N)CCCN=C(N)N)Cc2ccc(O)cc2)C1=O)C(=O)N[C@H](C)C(N)=O. The number of hydrazine groups is 1. The molecule has 334 valence electrons. The minimum Gasteiger partial charge on any atom is -0.508 e. The Bertz CT molecular complexity index is 1700. The van der Waals surface area contributed by atoms with Gasteiger partial charge in [0.25, 0.3) is 0 Å². The van der Waals surface area contributed by atoms with Crippen LogP contribution in [0.5, 0.6) is 5.75 Å². The quantitative estimate of drug-likeness (QED) is 0.0338. The van der Waals surface area contributed by atoms with Gasteiger partial charge in [-0.05, 0) is 75.0 Å². The van der Waals surface area contributed by atoms with Crippen molar-refractivity contribution in [2.75, 3.05) is 19.6 Å². The van der Waals surface area contributed by atoms with E-state index in [-0.39, 0.29) is 75.8 Å². The molecule has 1 aromatic carbocycles. The zero-order valence-electron chi connectivity index (χ0n) is 35.2. The number of hydrogen-bond donors (Lipinski definition) is 9. The lowest BCUT2D eigenvalue weighted by Gasteiger charge is -2.41. The smallest absolute Gasteiger partial charge is 0.339 e. The van der Waals surface area contributed by atoms with E-state index in [1.54, 1.807) is 26.0 Å². The molecule has 1 saturated heterocycles. The number of hydrogen-bond acceptors (Lipinski definition) is 11. The number of nitrogens with two attached hydrogens (primary N) is 4. The Morgan fingerprint density at radius 1 is 0.833 bits per heavy atom. The lowest BCUT2D eigenvalue weighted by Crippen LogP contribution is -2.63. The van der Waals surface area contributed by atoms with Gasteiger partial charge in [0.2, 0.25) is 23.6 Å². The molecule has 0 aromatic heterocycles. The molecule has 2 rings (SSSR count). The highest BCUT2D eigenvalue weighted by atomic mass is 16.4. The number of carboxylic acid groups (broad SMARTS) is 1. The van der Waals surface area contributed by atoms with Crippen LogP contribution < -0.4 is 39.0 Å². The standard InChI is InChI=1S/C40H64N10O10/c1-22(2)18-26(36(57)46-24(5)35(42)56)21-32(53)30(13-14-33(54)55)47-38(59)34(23(3)4)49-16-7-17-50(40(49)60)48-37(58)27(19-25-9-11-28(51)12-10-25)20-31(52)29(41)8-6-15-45-39(43)44/h9-12,22-24,26-27,29-30,34,51H,6-8,13-21,41H2,1-5H3,(H2,42,56)(H,46,57)(H,47,59)(H,48,58)(H,54,55)(H4,43,44,45)/t24-,26+,27+,29-,30-,34-/m1/s1. The van der Waals surface area contributed by atoms with Crippen molar-refractivity contribution in [3.63, 3.8) is 0 Å². The van der Waals surface area contributed by atoms with Gasteiger partial charge in [-0.25, -0.2) is 9.80 Å². The van der Waals surface area contributed by atoms with E-state index in [1.165, 1.54) is 24.0 Å². The van der Waals surface area contributed by atoms with E-state index < -0.39 is 95.5 Å². The first kappa shape index (κ1) is 50.4. The van der Waals surface area contributed by atoms with Crippen molar-refractivity contribution in [3.05, 3.63) is 29.8 Å². The number of primary amides is 1. The first-order valence-electron chi connectivity index (χ1n) is 20.3. The third-order valence-corrected chi connectivity index (χ3v) is 10.1. The number of carbonyl (C=O) groups is 8. The number of urea groups is 1. The summed E-state index contributed by atoms with van der Waals surface area (Å²) >= 11 is 0. The largest absolute Gasteiger partial charge is 0.508 e. The van der Waals surface area contributed by atoms with E-state index in [0.717, 1.165) is 5.01 Å². The van der Waals surface area contributed by atoms with Crippen LogP contribution in [0.25, 0.3) is 0 Å². The van der Waals surface area contributed by atoms with Crippen LogP contribution in [0.15, 0.2) is 29.3 Å². The van der Waals surface area contributed by atoms with Crippen molar-refractivity contribution in [2.24, 2.45) is 51.6 Å². The summed E-state index contributed by atoms with van der Waals surface area (Å²) in [5.74, 6) is -7.55. The van der Waals surface area contributed by atoms with Gasteiger partial charge in [-0.1, -0.05) is 39.8 Å². The Labute approximate surface area is 350 Å². The number of carboxylic acids is 1. The average molecular weight is 845 g/mol. The summed E-state index contributed by atoms with van der Waals surface area (Å²) in [4.78, 5) is 110. The summed E-state index contributed by atoms with van der Waals surface area (Å²) in [5.41, 5.74) is 25.4. The maximum absolute atomic E-state index is 14.1. The average Bonchev–Trinajstić information content (AvgIpc) is 3.15. The molecule has 1 aliphatic rings. The van der Waals surface area contributed by atoms with Crippen LogP contribution in [0.1, 0.15) is 91.5 Å². The van der Waals surface area contributed by atoms with E-state index in [1.807, 2.05) is 13.8 Å². The van der Waals surface area contributed by atoms with Crippen LogP contribution in [0, 0.1) is 23.7 Å². The molecule has 1 aliphatic heterocycles. The number of rotatable bonds is 26. The second-order valence-electron chi connectivity index (χ2n) is 16.1. The van der Waals surface area contributed by atoms with Gasteiger partial charge in [-0.15, -0.1) is 0 Å². The molecule has 6 atom stereocenters. The van der Waals surface area contributed by atoms with Gasteiger partial charge in [0.05, 0.1) is 18.0 Å². The van der Waals surface area contributed by atoms with E-state index in [4.69, 9.17) is 22.9 Å². The van der Waals surface area contributed by atoms with Crippen molar-refractivity contribution < 1.29 is 48.6 Å². The number of nitrogens with zero attached hydrogens (tertiary/aromatic N) is 3. The van der Waals surface area contributed by atoms with Crippen molar-refractivity contribution in [1.82, 2.24) is 26.0 Å². The number of guanidine groups is 1. The molecule has 6 amide bonds. The molecule has 20 nitrogen and oxygen atoms in total.